The number of carbonyl (C=O) groups is 2. The summed E-state index contributed by atoms with van der Waals surface area (Å²) >= 11 is 0. The fourth-order valence-corrected chi connectivity index (χ4v) is 3.69. The number of rotatable bonds is 19. The summed E-state index contributed by atoms with van der Waals surface area (Å²) in [5.41, 5.74) is 0.886. The summed E-state index contributed by atoms with van der Waals surface area (Å²) in [7, 11) is 0. The van der Waals surface area contributed by atoms with Crippen LogP contribution in [0.1, 0.15) is 96.5 Å². The topological polar surface area (TPSA) is 50.5 Å². The molecular formula is C30H45NO3. The van der Waals surface area contributed by atoms with Crippen molar-refractivity contribution in [2.24, 2.45) is 0 Å². The molecule has 0 saturated heterocycles. The maximum atomic E-state index is 12.2. The summed E-state index contributed by atoms with van der Waals surface area (Å²) in [6.45, 7) is 7.37. The molecule has 0 spiro atoms. The molecule has 0 radical (unpaired) electrons. The first-order valence-corrected chi connectivity index (χ1v) is 13.1. The summed E-state index contributed by atoms with van der Waals surface area (Å²) in [6.07, 6.45) is 27.4. The van der Waals surface area contributed by atoms with E-state index in [2.05, 4.69) is 24.3 Å². The largest absolute Gasteiger partial charge is 0.461 e. The van der Waals surface area contributed by atoms with Crippen molar-refractivity contribution in [2.45, 2.75) is 91.4 Å². The predicted molar refractivity (Wildman–Crippen MR) is 144 cm³/mol. The number of carbonyl (C=O) groups excluding carboxylic acids is 2. The number of allylic oxidation sites excluding steroid dienone is 7. The fraction of sp³-hybridized carbons (Fsp3) is 0.533. The lowest BCUT2D eigenvalue weighted by Crippen LogP contribution is -2.28. The highest BCUT2D eigenvalue weighted by molar-refractivity contribution is 5.94. The Bertz CT molecular complexity index is 794. The molecule has 0 fully saturated rings. The van der Waals surface area contributed by atoms with Gasteiger partial charge in [-0.1, -0.05) is 62.1 Å². The first-order valence-electron chi connectivity index (χ1n) is 13.1. The fourth-order valence-electron chi connectivity index (χ4n) is 3.69. The second kappa shape index (κ2) is 19.8. The Labute approximate surface area is 207 Å². The van der Waals surface area contributed by atoms with E-state index < -0.39 is 0 Å². The number of nitrogens with zero attached hydrogens (tertiary/aromatic N) is 1. The molecule has 0 bridgehead atoms. The molecule has 0 aromatic carbocycles. The smallest absolute Gasteiger partial charge is 0.246 e. The third-order valence-electron chi connectivity index (χ3n) is 5.79. The summed E-state index contributed by atoms with van der Waals surface area (Å²) < 4.78 is 5.95. The summed E-state index contributed by atoms with van der Waals surface area (Å²) in [6, 6.07) is 4.02. The Morgan fingerprint density at radius 3 is 2.06 bits per heavy atom. The van der Waals surface area contributed by atoms with Crippen LogP contribution in [-0.2, 0) is 16.0 Å². The molecule has 0 saturated carbocycles. The van der Waals surface area contributed by atoms with Crippen LogP contribution in [0, 0.1) is 0 Å². The van der Waals surface area contributed by atoms with Gasteiger partial charge in [0.25, 0.3) is 0 Å². The van der Waals surface area contributed by atoms with E-state index in [-0.39, 0.29) is 5.91 Å². The molecule has 0 N–H and O–H groups in total. The average Bonchev–Trinajstić information content (AvgIpc) is 3.31. The summed E-state index contributed by atoms with van der Waals surface area (Å²) in [5.74, 6) is 1.85. The molecule has 0 aliphatic heterocycles. The van der Waals surface area contributed by atoms with Gasteiger partial charge in [-0.2, -0.15) is 0 Å². The maximum Gasteiger partial charge on any atom is 0.246 e. The van der Waals surface area contributed by atoms with Crippen molar-refractivity contribution in [3.8, 4) is 0 Å². The zero-order valence-electron chi connectivity index (χ0n) is 21.6. The van der Waals surface area contributed by atoms with Crippen LogP contribution in [0.25, 0.3) is 5.57 Å². The molecule has 1 aromatic rings. The van der Waals surface area contributed by atoms with Gasteiger partial charge in [0, 0.05) is 32.0 Å². The van der Waals surface area contributed by atoms with E-state index in [9.17, 15) is 9.59 Å². The minimum absolute atomic E-state index is 0.0454. The van der Waals surface area contributed by atoms with Gasteiger partial charge in [0.05, 0.1) is 0 Å². The first kappa shape index (κ1) is 29.4. The van der Waals surface area contributed by atoms with Gasteiger partial charge in [-0.05, 0) is 70.6 Å². The molecule has 1 aromatic heterocycles. The molecule has 0 aliphatic carbocycles. The maximum absolute atomic E-state index is 12.2. The summed E-state index contributed by atoms with van der Waals surface area (Å²) in [4.78, 5) is 24.2. The molecule has 4 heteroatoms. The zero-order chi connectivity index (χ0) is 24.9. The third kappa shape index (κ3) is 13.8. The number of unbranched alkanes of at least 4 members (excludes halogenated alkanes) is 6. The standard InChI is InChI=1S/C30H45NO3/c1-4-31(5-2)30(33)26-27(3)29-24-23-28(34-29)22-20-18-16-14-12-10-8-6-7-9-11-13-15-17-19-21-25-32/h6-7,11,13,17,19,23-26H,4-5,8-10,12,14-16,18,20-22H2,1-3H3. The average molecular weight is 468 g/mol. The number of hydrogen-bond donors (Lipinski definition) is 0. The van der Waals surface area contributed by atoms with E-state index in [1.54, 1.807) is 6.08 Å². The first-order chi connectivity index (χ1) is 16.6. The van der Waals surface area contributed by atoms with Gasteiger partial charge in [-0.25, -0.2) is 0 Å². The Morgan fingerprint density at radius 1 is 0.824 bits per heavy atom. The van der Waals surface area contributed by atoms with Crippen LogP contribution in [0.4, 0.5) is 0 Å². The number of likely N-dealkylation sites (N-methyl/N-ethyl adjacent to an activating group) is 1. The Kier molecular flexibility index (Phi) is 17.1. The van der Waals surface area contributed by atoms with Crippen LogP contribution < -0.4 is 0 Å². The second-order valence-corrected chi connectivity index (χ2v) is 8.55. The van der Waals surface area contributed by atoms with Gasteiger partial charge in [-0.3, -0.25) is 4.79 Å². The monoisotopic (exact) mass is 467 g/mol. The van der Waals surface area contributed by atoms with Crippen molar-refractivity contribution in [3.63, 3.8) is 0 Å². The summed E-state index contributed by atoms with van der Waals surface area (Å²) in [5, 5.41) is 0. The van der Waals surface area contributed by atoms with Gasteiger partial charge < -0.3 is 14.1 Å². The lowest BCUT2D eigenvalue weighted by molar-refractivity contribution is -0.125. The van der Waals surface area contributed by atoms with E-state index in [0.717, 1.165) is 68.6 Å². The van der Waals surface area contributed by atoms with Crippen molar-refractivity contribution in [1.29, 1.82) is 0 Å². The number of furan rings is 1. The highest BCUT2D eigenvalue weighted by Crippen LogP contribution is 2.20. The Morgan fingerprint density at radius 2 is 1.41 bits per heavy atom. The molecule has 0 atom stereocenters. The molecular weight excluding hydrogens is 422 g/mol. The van der Waals surface area contributed by atoms with Gasteiger partial charge in [0.1, 0.15) is 17.8 Å². The van der Waals surface area contributed by atoms with Crippen LogP contribution in [0.2, 0.25) is 0 Å². The molecule has 34 heavy (non-hydrogen) atoms. The van der Waals surface area contributed by atoms with E-state index >= 15 is 0 Å². The minimum atomic E-state index is 0.0454. The number of hydrogen-bond acceptors (Lipinski definition) is 3. The highest BCUT2D eigenvalue weighted by atomic mass is 16.3. The van der Waals surface area contributed by atoms with Crippen LogP contribution in [0.3, 0.4) is 0 Å². The molecule has 4 nitrogen and oxygen atoms in total. The molecule has 0 aliphatic rings. The van der Waals surface area contributed by atoms with E-state index in [1.165, 1.54) is 32.1 Å². The van der Waals surface area contributed by atoms with Crippen LogP contribution in [0.5, 0.6) is 0 Å². The molecule has 1 rings (SSSR count). The van der Waals surface area contributed by atoms with E-state index in [4.69, 9.17) is 4.42 Å². The minimum Gasteiger partial charge on any atom is -0.461 e. The SMILES string of the molecule is CCN(CC)C(=O)C=C(C)c1ccc(CCCCCCCCC=CCC=CCC=CCC=O)o1. The van der Waals surface area contributed by atoms with E-state index in [1.807, 2.05) is 50.0 Å². The van der Waals surface area contributed by atoms with Crippen molar-refractivity contribution >= 4 is 17.8 Å². The van der Waals surface area contributed by atoms with Crippen LogP contribution in [0.15, 0.2) is 59.1 Å². The number of aryl methyl sites for hydroxylation is 1. The van der Waals surface area contributed by atoms with Gasteiger partial charge >= 0.3 is 0 Å². The van der Waals surface area contributed by atoms with E-state index in [0.29, 0.717) is 6.42 Å². The van der Waals surface area contributed by atoms with Crippen molar-refractivity contribution in [1.82, 2.24) is 4.90 Å². The highest BCUT2D eigenvalue weighted by Gasteiger charge is 2.09. The third-order valence-corrected chi connectivity index (χ3v) is 5.79. The Balaban J connectivity index is 2.09. The van der Waals surface area contributed by atoms with Crippen LogP contribution >= 0.6 is 0 Å². The normalized spacial score (nSPS) is 12.4. The predicted octanol–water partition coefficient (Wildman–Crippen LogP) is 7.86. The van der Waals surface area contributed by atoms with Crippen molar-refractivity contribution in [2.75, 3.05) is 13.1 Å². The van der Waals surface area contributed by atoms with Crippen molar-refractivity contribution < 1.29 is 14.0 Å². The van der Waals surface area contributed by atoms with Crippen LogP contribution in [-0.4, -0.2) is 30.2 Å². The lowest BCUT2D eigenvalue weighted by atomic mass is 10.1. The molecule has 0 unspecified atom stereocenters. The molecule has 188 valence electrons. The van der Waals surface area contributed by atoms with Crippen molar-refractivity contribution in [3.05, 3.63) is 66.2 Å². The molecule has 1 amide bonds. The zero-order valence-corrected chi connectivity index (χ0v) is 21.6. The van der Waals surface area contributed by atoms with Gasteiger partial charge in [0.15, 0.2) is 0 Å². The number of aldehydes is 1. The van der Waals surface area contributed by atoms with Gasteiger partial charge in [-0.15, -0.1) is 0 Å². The van der Waals surface area contributed by atoms with Gasteiger partial charge in [0.2, 0.25) is 5.91 Å². The lowest BCUT2D eigenvalue weighted by Gasteiger charge is -2.16. The second-order valence-electron chi connectivity index (χ2n) is 8.55. The Hall–Kier alpha value is -2.62. The number of amides is 1. The quantitative estimate of drug-likeness (QED) is 0.0900. The molecule has 1 heterocycles.